The lowest BCUT2D eigenvalue weighted by Gasteiger charge is -2.19. The average molecular weight is 369 g/mol. The van der Waals surface area contributed by atoms with Crippen LogP contribution < -0.4 is 5.56 Å². The molecular formula is C20H21ClN4O. The highest BCUT2D eigenvalue weighted by Gasteiger charge is 2.12. The Labute approximate surface area is 157 Å². The number of hydrogen-bond donors (Lipinski definition) is 0. The first-order valence-electron chi connectivity index (χ1n) is 8.65. The number of hydrogen-bond acceptors (Lipinski definition) is 4. The predicted octanol–water partition coefficient (Wildman–Crippen LogP) is 3.77. The molecule has 134 valence electrons. The van der Waals surface area contributed by atoms with Crippen molar-refractivity contribution in [2.24, 2.45) is 5.10 Å². The lowest BCUT2D eigenvalue weighted by atomic mass is 10.2. The first-order valence-corrected chi connectivity index (χ1v) is 9.03. The third-order valence-electron chi connectivity index (χ3n) is 4.27. The van der Waals surface area contributed by atoms with Gasteiger partial charge in [0.05, 0.1) is 23.7 Å². The van der Waals surface area contributed by atoms with E-state index in [1.54, 1.807) is 24.4 Å². The smallest absolute Gasteiger partial charge is 0.282 e. The van der Waals surface area contributed by atoms with Crippen LogP contribution in [-0.4, -0.2) is 33.9 Å². The quantitative estimate of drug-likeness (QED) is 0.622. The Balaban J connectivity index is 2.09. The number of fused-ring (bicyclic) bond motifs is 1. The lowest BCUT2D eigenvalue weighted by molar-refractivity contribution is 0.283. The molecule has 5 nitrogen and oxygen atoms in total. The highest BCUT2D eigenvalue weighted by Crippen LogP contribution is 2.11. The van der Waals surface area contributed by atoms with E-state index >= 15 is 0 Å². The van der Waals surface area contributed by atoms with Crippen LogP contribution >= 0.6 is 11.6 Å². The maximum Gasteiger partial charge on any atom is 0.282 e. The molecule has 0 aliphatic heterocycles. The summed E-state index contributed by atoms with van der Waals surface area (Å²) in [6.07, 6.45) is 1.65. The maximum absolute atomic E-state index is 13.0. The van der Waals surface area contributed by atoms with Crippen molar-refractivity contribution in [3.05, 3.63) is 75.3 Å². The molecule has 0 fully saturated rings. The number of halogens is 1. The van der Waals surface area contributed by atoms with Crippen LogP contribution in [0.4, 0.5) is 0 Å². The summed E-state index contributed by atoms with van der Waals surface area (Å²) in [4.78, 5) is 19.8. The molecule has 0 saturated carbocycles. The Kier molecular flexibility index (Phi) is 5.81. The van der Waals surface area contributed by atoms with Gasteiger partial charge >= 0.3 is 0 Å². The highest BCUT2D eigenvalue weighted by molar-refractivity contribution is 6.30. The zero-order valence-electron chi connectivity index (χ0n) is 14.9. The van der Waals surface area contributed by atoms with Crippen molar-refractivity contribution in [3.8, 4) is 0 Å². The monoisotopic (exact) mass is 368 g/mol. The number of aromatic nitrogens is 2. The van der Waals surface area contributed by atoms with E-state index in [-0.39, 0.29) is 5.56 Å². The van der Waals surface area contributed by atoms with Crippen molar-refractivity contribution in [2.45, 2.75) is 20.4 Å². The Morgan fingerprint density at radius 3 is 2.50 bits per heavy atom. The first-order chi connectivity index (χ1) is 12.6. The summed E-state index contributed by atoms with van der Waals surface area (Å²) in [6, 6.07) is 14.7. The molecule has 1 aromatic heterocycles. The van der Waals surface area contributed by atoms with Gasteiger partial charge in [-0.3, -0.25) is 9.69 Å². The fraction of sp³-hybridized carbons (Fsp3) is 0.250. The molecule has 3 rings (SSSR count). The third kappa shape index (κ3) is 4.00. The second kappa shape index (κ2) is 8.25. The zero-order valence-corrected chi connectivity index (χ0v) is 15.6. The lowest BCUT2D eigenvalue weighted by Crippen LogP contribution is -2.29. The van der Waals surface area contributed by atoms with Gasteiger partial charge < -0.3 is 0 Å². The average Bonchev–Trinajstić information content (AvgIpc) is 2.67. The highest BCUT2D eigenvalue weighted by atomic mass is 35.5. The van der Waals surface area contributed by atoms with Crippen molar-refractivity contribution >= 4 is 28.7 Å². The minimum absolute atomic E-state index is 0.164. The summed E-state index contributed by atoms with van der Waals surface area (Å²) in [6.45, 7) is 6.49. The molecule has 0 bridgehead atoms. The standard InChI is InChI=1S/C20H21ClN4O/c1-3-24(4-2)14-19-23-18-8-6-5-7-17(18)20(26)25(19)22-13-15-9-11-16(21)12-10-15/h5-13H,3-4,14H2,1-2H3/b22-13+. The molecular weight excluding hydrogens is 348 g/mol. The van der Waals surface area contributed by atoms with Crippen LogP contribution in [0.3, 0.4) is 0 Å². The van der Waals surface area contributed by atoms with Gasteiger partial charge in [-0.15, -0.1) is 0 Å². The van der Waals surface area contributed by atoms with Gasteiger partial charge in [0.2, 0.25) is 0 Å². The molecule has 1 heterocycles. The van der Waals surface area contributed by atoms with Crippen LogP contribution in [0.5, 0.6) is 0 Å². The van der Waals surface area contributed by atoms with Crippen LogP contribution in [0, 0.1) is 0 Å². The summed E-state index contributed by atoms with van der Waals surface area (Å²) in [5, 5.41) is 5.64. The van der Waals surface area contributed by atoms with E-state index in [4.69, 9.17) is 11.6 Å². The Morgan fingerprint density at radius 1 is 1.12 bits per heavy atom. The van der Waals surface area contributed by atoms with Gasteiger partial charge in [0, 0.05) is 5.02 Å². The molecule has 0 spiro atoms. The van der Waals surface area contributed by atoms with E-state index < -0.39 is 0 Å². The van der Waals surface area contributed by atoms with Crippen LogP contribution in [0.25, 0.3) is 10.9 Å². The Morgan fingerprint density at radius 2 is 1.81 bits per heavy atom. The zero-order chi connectivity index (χ0) is 18.5. The van der Waals surface area contributed by atoms with Gasteiger partial charge in [0.15, 0.2) is 0 Å². The maximum atomic E-state index is 13.0. The third-order valence-corrected chi connectivity index (χ3v) is 4.52. The largest absolute Gasteiger partial charge is 0.296 e. The molecule has 0 unspecified atom stereocenters. The van der Waals surface area contributed by atoms with Gasteiger partial charge in [-0.1, -0.05) is 49.7 Å². The minimum Gasteiger partial charge on any atom is -0.296 e. The van der Waals surface area contributed by atoms with Crippen molar-refractivity contribution in [2.75, 3.05) is 13.1 Å². The summed E-state index contributed by atoms with van der Waals surface area (Å²) in [5.41, 5.74) is 1.39. The summed E-state index contributed by atoms with van der Waals surface area (Å²) in [5.74, 6) is 0.627. The summed E-state index contributed by atoms with van der Waals surface area (Å²) in [7, 11) is 0. The molecule has 6 heteroatoms. The molecule has 0 N–H and O–H groups in total. The van der Waals surface area contributed by atoms with Crippen LogP contribution in [0.15, 0.2) is 58.4 Å². The van der Waals surface area contributed by atoms with E-state index in [1.807, 2.05) is 30.3 Å². The molecule has 0 atom stereocenters. The van der Waals surface area contributed by atoms with E-state index in [1.165, 1.54) is 4.68 Å². The molecule has 0 saturated heterocycles. The molecule has 3 aromatic rings. The fourth-order valence-corrected chi connectivity index (χ4v) is 2.84. The van der Waals surface area contributed by atoms with Gasteiger partial charge in [-0.25, -0.2) is 4.98 Å². The van der Waals surface area contributed by atoms with E-state index in [2.05, 4.69) is 28.8 Å². The van der Waals surface area contributed by atoms with Crippen molar-refractivity contribution in [3.63, 3.8) is 0 Å². The summed E-state index contributed by atoms with van der Waals surface area (Å²) < 4.78 is 1.40. The number of rotatable bonds is 6. The molecule has 2 aromatic carbocycles. The Hall–Kier alpha value is -2.50. The number of benzene rings is 2. The van der Waals surface area contributed by atoms with Crippen LogP contribution in [0.2, 0.25) is 5.02 Å². The first kappa shape index (κ1) is 18.3. The number of nitrogens with zero attached hydrogens (tertiary/aromatic N) is 4. The van der Waals surface area contributed by atoms with Gasteiger partial charge in [-0.05, 0) is 42.9 Å². The Bertz CT molecular complexity index is 975. The second-order valence-corrected chi connectivity index (χ2v) is 6.36. The molecule has 26 heavy (non-hydrogen) atoms. The molecule has 0 radical (unpaired) electrons. The van der Waals surface area contributed by atoms with E-state index in [9.17, 15) is 4.79 Å². The SMILES string of the molecule is CCN(CC)Cc1nc2ccccc2c(=O)n1/N=C/c1ccc(Cl)cc1. The van der Waals surface area contributed by atoms with Gasteiger partial charge in [-0.2, -0.15) is 9.78 Å². The second-order valence-electron chi connectivity index (χ2n) is 5.92. The van der Waals surface area contributed by atoms with Crippen molar-refractivity contribution in [1.82, 2.24) is 14.6 Å². The molecule has 0 amide bonds. The molecule has 0 aliphatic carbocycles. The predicted molar refractivity (Wildman–Crippen MR) is 107 cm³/mol. The van der Waals surface area contributed by atoms with Crippen molar-refractivity contribution < 1.29 is 0 Å². The topological polar surface area (TPSA) is 50.5 Å². The number of para-hydroxylation sites is 1. The van der Waals surface area contributed by atoms with Gasteiger partial charge in [0.1, 0.15) is 5.82 Å². The van der Waals surface area contributed by atoms with E-state index in [0.29, 0.717) is 28.3 Å². The normalized spacial score (nSPS) is 11.7. The fourth-order valence-electron chi connectivity index (χ4n) is 2.71. The van der Waals surface area contributed by atoms with E-state index in [0.717, 1.165) is 18.7 Å². The van der Waals surface area contributed by atoms with Crippen LogP contribution in [-0.2, 0) is 6.54 Å². The van der Waals surface area contributed by atoms with Crippen LogP contribution in [0.1, 0.15) is 25.2 Å². The molecule has 0 aliphatic rings. The van der Waals surface area contributed by atoms with Crippen molar-refractivity contribution in [1.29, 1.82) is 0 Å². The van der Waals surface area contributed by atoms with Gasteiger partial charge in [0.25, 0.3) is 5.56 Å². The summed E-state index contributed by atoms with van der Waals surface area (Å²) >= 11 is 5.92. The minimum atomic E-state index is -0.164.